The van der Waals surface area contributed by atoms with E-state index < -0.39 is 0 Å². The van der Waals surface area contributed by atoms with Crippen molar-refractivity contribution < 1.29 is 9.53 Å². The molecule has 0 N–H and O–H groups in total. The molecule has 3 aromatic rings. The van der Waals surface area contributed by atoms with Gasteiger partial charge in [-0.2, -0.15) is 4.98 Å². The van der Waals surface area contributed by atoms with Gasteiger partial charge in [0.05, 0.1) is 4.91 Å². The summed E-state index contributed by atoms with van der Waals surface area (Å²) in [4.78, 5) is 33.6. The molecule has 8 heteroatoms. The van der Waals surface area contributed by atoms with Gasteiger partial charge in [-0.3, -0.25) is 18.9 Å². The highest BCUT2D eigenvalue weighted by atomic mass is 32.2. The van der Waals surface area contributed by atoms with E-state index in [2.05, 4.69) is 4.98 Å². The third-order valence-electron chi connectivity index (χ3n) is 6.18. The number of hydrogen-bond acceptors (Lipinski definition) is 6. The number of benzene rings is 1. The molecule has 0 radical (unpaired) electrons. The maximum atomic E-state index is 13.5. The maximum absolute atomic E-state index is 13.5. The topological polar surface area (TPSA) is 63.9 Å². The van der Waals surface area contributed by atoms with Gasteiger partial charge in [-0.05, 0) is 68.2 Å². The Morgan fingerprint density at radius 2 is 1.82 bits per heavy atom. The van der Waals surface area contributed by atoms with Crippen molar-refractivity contribution in [3.05, 3.63) is 74.5 Å². The van der Waals surface area contributed by atoms with Crippen LogP contribution in [0.25, 0.3) is 11.7 Å². The predicted molar refractivity (Wildman–Crippen MR) is 139 cm³/mol. The van der Waals surface area contributed by atoms with Gasteiger partial charge in [0.1, 0.15) is 21.3 Å². The zero-order chi connectivity index (χ0) is 23.8. The quantitative estimate of drug-likeness (QED) is 0.348. The van der Waals surface area contributed by atoms with Gasteiger partial charge in [0.25, 0.3) is 11.5 Å². The predicted octanol–water partition coefficient (Wildman–Crippen LogP) is 5.64. The average molecular weight is 492 g/mol. The molecule has 0 atom stereocenters. The van der Waals surface area contributed by atoms with Gasteiger partial charge in [-0.15, -0.1) is 0 Å². The number of thiocarbonyl (C=S) groups is 1. The number of hydrogen-bond donors (Lipinski definition) is 0. The van der Waals surface area contributed by atoms with Crippen LogP contribution in [0.1, 0.15) is 48.8 Å². The molecule has 1 saturated heterocycles. The van der Waals surface area contributed by atoms with Gasteiger partial charge in [0.15, 0.2) is 0 Å². The SMILES string of the molecule is Cc1cc(C)cc(Oc2nc3ccccn3c(=O)c2/C=C2/SC(=S)N(C3CCCCC3)C2=O)c1. The van der Waals surface area contributed by atoms with Crippen LogP contribution in [0, 0.1) is 13.8 Å². The standard InChI is InChI=1S/C26H25N3O3S2/c1-16-12-17(2)14-19(13-16)32-23-20(24(30)28-11-7-6-10-22(28)27-23)15-21-25(31)29(26(33)34-21)18-8-4-3-5-9-18/h6-7,10-15,18H,3-5,8-9H2,1-2H3/b21-15+. The van der Waals surface area contributed by atoms with Crippen LogP contribution in [-0.2, 0) is 4.79 Å². The van der Waals surface area contributed by atoms with Crippen molar-refractivity contribution in [1.29, 1.82) is 0 Å². The number of aromatic nitrogens is 2. The highest BCUT2D eigenvalue weighted by molar-refractivity contribution is 8.26. The van der Waals surface area contributed by atoms with Gasteiger partial charge in [0.2, 0.25) is 5.88 Å². The fourth-order valence-electron chi connectivity index (χ4n) is 4.65. The van der Waals surface area contributed by atoms with E-state index in [1.807, 2.05) is 38.1 Å². The molecule has 1 aliphatic heterocycles. The summed E-state index contributed by atoms with van der Waals surface area (Å²) >= 11 is 6.81. The second-order valence-corrected chi connectivity index (χ2v) is 10.5. The van der Waals surface area contributed by atoms with E-state index >= 15 is 0 Å². The van der Waals surface area contributed by atoms with Gasteiger partial charge < -0.3 is 4.74 Å². The molecule has 1 amide bonds. The summed E-state index contributed by atoms with van der Waals surface area (Å²) in [6, 6.07) is 11.3. The molecular weight excluding hydrogens is 466 g/mol. The number of amides is 1. The zero-order valence-electron chi connectivity index (χ0n) is 19.1. The number of aryl methyl sites for hydroxylation is 2. The van der Waals surface area contributed by atoms with Crippen molar-refractivity contribution in [1.82, 2.24) is 14.3 Å². The van der Waals surface area contributed by atoms with Crippen molar-refractivity contribution in [3.63, 3.8) is 0 Å². The molecule has 0 spiro atoms. The van der Waals surface area contributed by atoms with E-state index in [1.165, 1.54) is 22.6 Å². The Balaban J connectivity index is 1.59. The molecule has 1 aromatic carbocycles. The van der Waals surface area contributed by atoms with Crippen molar-refractivity contribution >= 4 is 45.9 Å². The summed E-state index contributed by atoms with van der Waals surface area (Å²) in [7, 11) is 0. The summed E-state index contributed by atoms with van der Waals surface area (Å²) in [6.07, 6.45) is 8.57. The number of ether oxygens (including phenoxy) is 1. The Bertz CT molecular complexity index is 1370. The first-order chi connectivity index (χ1) is 16.4. The Morgan fingerprint density at radius 3 is 2.56 bits per heavy atom. The summed E-state index contributed by atoms with van der Waals surface area (Å²) in [5, 5.41) is 0. The van der Waals surface area contributed by atoms with Crippen LogP contribution in [0.3, 0.4) is 0 Å². The molecule has 1 aliphatic carbocycles. The second-order valence-electron chi connectivity index (χ2n) is 8.83. The van der Waals surface area contributed by atoms with E-state index in [-0.39, 0.29) is 29.0 Å². The lowest BCUT2D eigenvalue weighted by atomic mass is 9.94. The minimum absolute atomic E-state index is 0.133. The highest BCUT2D eigenvalue weighted by Crippen LogP contribution is 2.38. The largest absolute Gasteiger partial charge is 0.438 e. The Kier molecular flexibility index (Phi) is 6.27. The van der Waals surface area contributed by atoms with E-state index in [1.54, 1.807) is 29.3 Å². The average Bonchev–Trinajstić information content (AvgIpc) is 3.09. The zero-order valence-corrected chi connectivity index (χ0v) is 20.7. The number of carbonyl (C=O) groups excluding carboxylic acids is 1. The van der Waals surface area contributed by atoms with Crippen molar-refractivity contribution in [2.24, 2.45) is 0 Å². The van der Waals surface area contributed by atoms with E-state index in [9.17, 15) is 9.59 Å². The van der Waals surface area contributed by atoms with Crippen LogP contribution in [0.4, 0.5) is 0 Å². The van der Waals surface area contributed by atoms with Crippen LogP contribution in [0.15, 0.2) is 52.3 Å². The molecular formula is C26H25N3O3S2. The number of pyridine rings is 1. The van der Waals surface area contributed by atoms with E-state index in [0.717, 1.165) is 36.8 Å². The maximum Gasteiger partial charge on any atom is 0.269 e. The summed E-state index contributed by atoms with van der Waals surface area (Å²) < 4.78 is 8.15. The Morgan fingerprint density at radius 1 is 1.09 bits per heavy atom. The third kappa shape index (κ3) is 4.40. The van der Waals surface area contributed by atoms with Gasteiger partial charge in [0, 0.05) is 12.2 Å². The first kappa shape index (κ1) is 22.8. The number of fused-ring (bicyclic) bond motifs is 1. The third-order valence-corrected chi connectivity index (χ3v) is 7.51. The molecule has 5 rings (SSSR count). The van der Waals surface area contributed by atoms with Crippen LogP contribution in [-0.4, -0.2) is 30.6 Å². The first-order valence-corrected chi connectivity index (χ1v) is 12.7. The first-order valence-electron chi connectivity index (χ1n) is 11.5. The molecule has 2 fully saturated rings. The lowest BCUT2D eigenvalue weighted by Gasteiger charge is -2.29. The Hall–Kier alpha value is -2.97. The van der Waals surface area contributed by atoms with Crippen LogP contribution in [0.5, 0.6) is 11.6 Å². The number of carbonyl (C=O) groups is 1. The normalized spacial score (nSPS) is 18.3. The summed E-state index contributed by atoms with van der Waals surface area (Å²) in [5.74, 6) is 0.620. The van der Waals surface area contributed by atoms with Crippen LogP contribution >= 0.6 is 24.0 Å². The lowest BCUT2D eigenvalue weighted by Crippen LogP contribution is -2.39. The molecule has 0 unspecified atom stereocenters. The van der Waals surface area contributed by atoms with E-state index in [0.29, 0.717) is 20.6 Å². The van der Waals surface area contributed by atoms with Gasteiger partial charge in [-0.1, -0.05) is 55.4 Å². The number of thioether (sulfide) groups is 1. The molecule has 6 nitrogen and oxygen atoms in total. The van der Waals surface area contributed by atoms with Crippen molar-refractivity contribution in [2.45, 2.75) is 52.0 Å². The highest BCUT2D eigenvalue weighted by Gasteiger charge is 2.37. The molecule has 2 aliphatic rings. The summed E-state index contributed by atoms with van der Waals surface area (Å²) in [5.41, 5.74) is 2.49. The number of nitrogens with zero attached hydrogens (tertiary/aromatic N) is 3. The molecule has 2 aromatic heterocycles. The van der Waals surface area contributed by atoms with Gasteiger partial charge >= 0.3 is 0 Å². The monoisotopic (exact) mass is 491 g/mol. The van der Waals surface area contributed by atoms with Crippen LogP contribution in [0.2, 0.25) is 0 Å². The summed E-state index contributed by atoms with van der Waals surface area (Å²) in [6.45, 7) is 3.97. The number of rotatable bonds is 4. The molecule has 0 bridgehead atoms. The smallest absolute Gasteiger partial charge is 0.269 e. The molecule has 34 heavy (non-hydrogen) atoms. The fraction of sp³-hybridized carbons (Fsp3) is 0.308. The Labute approximate surface area is 207 Å². The lowest BCUT2D eigenvalue weighted by molar-refractivity contribution is -0.124. The molecule has 3 heterocycles. The fourth-order valence-corrected chi connectivity index (χ4v) is 6.03. The van der Waals surface area contributed by atoms with E-state index in [4.69, 9.17) is 17.0 Å². The minimum atomic E-state index is -0.298. The minimum Gasteiger partial charge on any atom is -0.438 e. The second kappa shape index (κ2) is 9.35. The molecule has 174 valence electrons. The molecule has 1 saturated carbocycles. The van der Waals surface area contributed by atoms with Crippen molar-refractivity contribution in [2.75, 3.05) is 0 Å². The van der Waals surface area contributed by atoms with Crippen LogP contribution < -0.4 is 10.3 Å². The van der Waals surface area contributed by atoms with Crippen molar-refractivity contribution in [3.8, 4) is 11.6 Å². The van der Waals surface area contributed by atoms with Gasteiger partial charge in [-0.25, -0.2) is 0 Å².